The Hall–Kier alpha value is -5.56. The van der Waals surface area contributed by atoms with Crippen molar-refractivity contribution in [3.8, 4) is 0 Å². The number of amides is 1. The number of halogens is 2. The van der Waals surface area contributed by atoms with Crippen LogP contribution in [0.3, 0.4) is 0 Å². The number of hydrogen-bond donors (Lipinski definition) is 2. The zero-order valence-corrected chi connectivity index (χ0v) is 27.1. The Morgan fingerprint density at radius 2 is 1.25 bits per heavy atom. The van der Waals surface area contributed by atoms with Gasteiger partial charge in [-0.1, -0.05) is 73.4 Å². The molecular weight excluding hydrogens is 639 g/mol. The fraction of sp³-hybridized carbons (Fsp3) is 0.0500. The maximum atomic E-state index is 14.5. The van der Waals surface area contributed by atoms with Crippen LogP contribution in [-0.4, -0.2) is 21.1 Å². The van der Waals surface area contributed by atoms with Gasteiger partial charge in [0, 0.05) is 58.9 Å². The second-order valence-electron chi connectivity index (χ2n) is 12.2. The summed E-state index contributed by atoms with van der Waals surface area (Å²) in [6.07, 6.45) is 0. The molecule has 0 radical (unpaired) electrons. The predicted octanol–water partition coefficient (Wildman–Crippen LogP) is 10.2. The molecule has 0 atom stereocenters. The molecule has 0 spiro atoms. The maximum absolute atomic E-state index is 14.5. The Balaban J connectivity index is 0.00000145. The molecule has 1 amide bonds. The number of benzene rings is 8. The molecule has 0 saturated heterocycles. The van der Waals surface area contributed by atoms with Gasteiger partial charge in [-0.25, -0.2) is 4.98 Å². The summed E-state index contributed by atoms with van der Waals surface area (Å²) in [7, 11) is 0. The number of carbonyl (C=O) groups excluding carboxylic acids is 1. The molecular formula is C40H22Cl2N4O2. The first-order chi connectivity index (χ1) is 23.4. The molecule has 0 fully saturated rings. The summed E-state index contributed by atoms with van der Waals surface area (Å²) in [6.45, 7) is 4.00. The molecule has 11 rings (SSSR count). The van der Waals surface area contributed by atoms with Gasteiger partial charge in [0.25, 0.3) is 11.5 Å². The number of hydrogen-bond acceptors (Lipinski definition) is 4. The number of pyridine rings is 1. The zero-order valence-electron chi connectivity index (χ0n) is 25.5. The van der Waals surface area contributed by atoms with Gasteiger partial charge in [0.1, 0.15) is 11.5 Å². The van der Waals surface area contributed by atoms with E-state index in [-0.39, 0.29) is 17.3 Å². The van der Waals surface area contributed by atoms with Crippen LogP contribution in [0.4, 0.5) is 0 Å². The summed E-state index contributed by atoms with van der Waals surface area (Å²) in [4.78, 5) is 32.5. The van der Waals surface area contributed by atoms with Gasteiger partial charge in [-0.15, -0.1) is 0 Å². The van der Waals surface area contributed by atoms with Crippen molar-refractivity contribution in [1.82, 2.24) is 14.7 Å². The standard InChI is InChI=1S/C38H16Cl2N4O2.C2H6/c39-25-13-23-29-21(35(41)43-37(23)45)7-5-19-20-6-8-22-30-24(14-26(40)34(32(20)30)33(25)31(19)29)38(46)44-28-12-18-10-16-4-2-1-3-15(16)9-17(18)11-27(28)42-36(22)44;1-2/h1-14H,(H2,41,43,45);1-2H3. The van der Waals surface area contributed by atoms with Gasteiger partial charge in [-0.2, -0.15) is 0 Å². The van der Waals surface area contributed by atoms with Gasteiger partial charge in [0.05, 0.1) is 16.4 Å². The summed E-state index contributed by atoms with van der Waals surface area (Å²) in [5, 5.41) is 23.8. The van der Waals surface area contributed by atoms with E-state index in [1.165, 1.54) is 0 Å². The SMILES string of the molecule is CC.N=C1NC(=O)c2cc(Cl)c3c4c(Cl)cc5c(=O)n6c7cc8cc9ccccc9cc8cc7nc6c6ccc(c7ccc1c2c73)c4c56. The summed E-state index contributed by atoms with van der Waals surface area (Å²) in [6, 6.07) is 27.9. The van der Waals surface area contributed by atoms with E-state index in [2.05, 4.69) is 35.6 Å². The largest absolute Gasteiger partial charge is 0.307 e. The van der Waals surface area contributed by atoms with Gasteiger partial charge in [0.15, 0.2) is 0 Å². The molecule has 228 valence electrons. The van der Waals surface area contributed by atoms with E-state index >= 15 is 0 Å². The van der Waals surface area contributed by atoms with Crippen LogP contribution in [0.2, 0.25) is 10.0 Å². The number of nitrogens with zero attached hydrogens (tertiary/aromatic N) is 2. The third-order valence-electron chi connectivity index (χ3n) is 9.91. The lowest BCUT2D eigenvalue weighted by molar-refractivity contribution is 0.0977. The lowest BCUT2D eigenvalue weighted by atomic mass is 9.84. The van der Waals surface area contributed by atoms with E-state index in [1.807, 2.05) is 56.3 Å². The van der Waals surface area contributed by atoms with Crippen LogP contribution in [0.1, 0.15) is 29.8 Å². The molecule has 0 saturated carbocycles. The van der Waals surface area contributed by atoms with Gasteiger partial charge in [-0.05, 0) is 80.8 Å². The van der Waals surface area contributed by atoms with E-state index in [0.717, 1.165) is 64.9 Å². The van der Waals surface area contributed by atoms with E-state index in [9.17, 15) is 9.59 Å². The first-order valence-corrected chi connectivity index (χ1v) is 16.5. The molecule has 2 N–H and O–H groups in total. The highest BCUT2D eigenvalue weighted by molar-refractivity contribution is 6.51. The Labute approximate surface area is 281 Å². The Morgan fingerprint density at radius 1 is 0.625 bits per heavy atom. The van der Waals surface area contributed by atoms with E-state index in [1.54, 1.807) is 16.5 Å². The average molecular weight is 662 g/mol. The Bertz CT molecular complexity index is 3200. The van der Waals surface area contributed by atoms with Gasteiger partial charge in [0.2, 0.25) is 0 Å². The highest BCUT2D eigenvalue weighted by Crippen LogP contribution is 2.49. The van der Waals surface area contributed by atoms with Crippen LogP contribution in [0, 0.1) is 5.41 Å². The second kappa shape index (κ2) is 9.28. The highest BCUT2D eigenvalue weighted by Gasteiger charge is 2.29. The molecule has 0 unspecified atom stereocenters. The normalized spacial score (nSPS) is 13.3. The number of nitrogens with one attached hydrogen (secondary N) is 2. The predicted molar refractivity (Wildman–Crippen MR) is 200 cm³/mol. The van der Waals surface area contributed by atoms with Crippen molar-refractivity contribution in [2.24, 2.45) is 0 Å². The number of aromatic nitrogens is 2. The highest BCUT2D eigenvalue weighted by atomic mass is 35.5. The number of fused-ring (bicyclic) bond motifs is 8. The van der Waals surface area contributed by atoms with Crippen molar-refractivity contribution in [2.75, 3.05) is 0 Å². The molecule has 10 aromatic rings. The molecule has 6 nitrogen and oxygen atoms in total. The van der Waals surface area contributed by atoms with Crippen LogP contribution in [0.15, 0.2) is 89.7 Å². The Morgan fingerprint density at radius 3 is 1.98 bits per heavy atom. The third-order valence-corrected chi connectivity index (χ3v) is 10.5. The van der Waals surface area contributed by atoms with Crippen molar-refractivity contribution in [1.29, 1.82) is 5.41 Å². The van der Waals surface area contributed by atoms with Crippen LogP contribution in [0.25, 0.3) is 92.1 Å². The fourth-order valence-corrected chi connectivity index (χ4v) is 8.61. The summed E-state index contributed by atoms with van der Waals surface area (Å²) < 4.78 is 1.71. The maximum Gasteiger partial charge on any atom is 0.264 e. The summed E-state index contributed by atoms with van der Waals surface area (Å²) in [5.74, 6) is -0.319. The molecule has 8 aromatic carbocycles. The molecule has 1 aliphatic heterocycles. The van der Waals surface area contributed by atoms with Crippen molar-refractivity contribution in [3.63, 3.8) is 0 Å². The second-order valence-corrected chi connectivity index (χ2v) is 13.0. The summed E-state index contributed by atoms with van der Waals surface area (Å²) in [5.41, 5.74) is 2.92. The molecule has 3 heterocycles. The van der Waals surface area contributed by atoms with E-state index < -0.39 is 0 Å². The van der Waals surface area contributed by atoms with Crippen molar-refractivity contribution in [2.45, 2.75) is 13.8 Å². The molecule has 48 heavy (non-hydrogen) atoms. The topological polar surface area (TPSA) is 87.3 Å². The fourth-order valence-electron chi connectivity index (χ4n) is 8.02. The molecule has 1 aliphatic rings. The van der Waals surface area contributed by atoms with Crippen molar-refractivity contribution < 1.29 is 4.79 Å². The van der Waals surface area contributed by atoms with Crippen LogP contribution >= 0.6 is 23.2 Å². The number of rotatable bonds is 0. The van der Waals surface area contributed by atoms with Crippen LogP contribution in [0.5, 0.6) is 0 Å². The lowest BCUT2D eigenvalue weighted by Gasteiger charge is -2.24. The van der Waals surface area contributed by atoms with Gasteiger partial charge in [-0.3, -0.25) is 19.4 Å². The average Bonchev–Trinajstić information content (AvgIpc) is 3.47. The zero-order chi connectivity index (χ0) is 32.7. The molecule has 0 aliphatic carbocycles. The van der Waals surface area contributed by atoms with Crippen LogP contribution < -0.4 is 10.9 Å². The minimum atomic E-state index is -0.365. The molecule has 2 aromatic heterocycles. The van der Waals surface area contributed by atoms with Gasteiger partial charge < -0.3 is 5.32 Å². The monoisotopic (exact) mass is 660 g/mol. The third kappa shape index (κ3) is 3.24. The summed E-state index contributed by atoms with van der Waals surface area (Å²) >= 11 is 14.1. The molecule has 0 bridgehead atoms. The van der Waals surface area contributed by atoms with Crippen LogP contribution in [-0.2, 0) is 0 Å². The minimum Gasteiger partial charge on any atom is -0.307 e. The number of amidine groups is 1. The smallest absolute Gasteiger partial charge is 0.264 e. The minimum absolute atomic E-state index is 0.0460. The first-order valence-electron chi connectivity index (χ1n) is 15.8. The Kier molecular flexibility index (Phi) is 5.33. The number of imidazole rings is 1. The van der Waals surface area contributed by atoms with E-state index in [4.69, 9.17) is 33.6 Å². The molecule has 8 heteroatoms. The first kappa shape index (κ1) is 27.5. The number of carbonyl (C=O) groups is 1. The van der Waals surface area contributed by atoms with Crippen molar-refractivity contribution >= 4 is 127 Å². The lowest BCUT2D eigenvalue weighted by Crippen LogP contribution is -2.34. The van der Waals surface area contributed by atoms with Crippen molar-refractivity contribution in [3.05, 3.63) is 116 Å². The van der Waals surface area contributed by atoms with Gasteiger partial charge >= 0.3 is 0 Å². The van der Waals surface area contributed by atoms with E-state index in [0.29, 0.717) is 48.4 Å². The quantitative estimate of drug-likeness (QED) is 0.125.